The number of Topliss-reactive ketones (excluding diaryl/α,β-unsaturated/α-hetero) is 1. The molecule has 0 saturated carbocycles. The fourth-order valence-corrected chi connectivity index (χ4v) is 5.05. The van der Waals surface area contributed by atoms with Gasteiger partial charge in [0.05, 0.1) is 0 Å². The van der Waals surface area contributed by atoms with Crippen LogP contribution in [0, 0.1) is 6.92 Å². The van der Waals surface area contributed by atoms with E-state index in [-0.39, 0.29) is 12.5 Å². The minimum atomic E-state index is -3.42. The number of anilines is 1. The zero-order valence-electron chi connectivity index (χ0n) is 17.9. The van der Waals surface area contributed by atoms with Crippen molar-refractivity contribution in [1.29, 1.82) is 0 Å². The number of carbonyl (C=O) groups excluding carboxylic acids is 1. The van der Waals surface area contributed by atoms with E-state index in [2.05, 4.69) is 9.88 Å². The first-order valence-corrected chi connectivity index (χ1v) is 13.0. The molecule has 0 bridgehead atoms. The summed E-state index contributed by atoms with van der Waals surface area (Å²) in [5, 5.41) is 0.698. The highest BCUT2D eigenvalue weighted by molar-refractivity contribution is 7.91. The van der Waals surface area contributed by atoms with Crippen LogP contribution in [0.15, 0.2) is 48.5 Å². The number of rotatable bonds is 9. The molecule has 1 aromatic heterocycles. The number of aryl methyl sites for hydroxylation is 1. The van der Waals surface area contributed by atoms with Crippen molar-refractivity contribution in [2.24, 2.45) is 0 Å². The molecule has 9 heteroatoms. The maximum absolute atomic E-state index is 12.5. The molecular weight excluding hydrogens is 448 g/mol. The second-order valence-electron chi connectivity index (χ2n) is 7.74. The number of aromatic nitrogens is 1. The minimum absolute atomic E-state index is 0.233. The van der Waals surface area contributed by atoms with Crippen LogP contribution in [0.5, 0.6) is 11.5 Å². The van der Waals surface area contributed by atoms with Gasteiger partial charge in [-0.3, -0.25) is 4.79 Å². The van der Waals surface area contributed by atoms with Crippen LogP contribution in [-0.4, -0.2) is 44.5 Å². The molecule has 0 amide bonds. The molecule has 0 aliphatic carbocycles. The monoisotopic (exact) mass is 472 g/mol. The third kappa shape index (κ3) is 5.46. The van der Waals surface area contributed by atoms with Crippen LogP contribution in [0.3, 0.4) is 0 Å². The van der Waals surface area contributed by atoms with Crippen molar-refractivity contribution in [1.82, 2.24) is 4.98 Å². The SMILES string of the molecule is Cc1sc(N(CCc2ccc3c(c2)OCO3)Cc2ccccc2)nc1C(=O)CS(C)(=O)=O. The number of hydrogen-bond donors (Lipinski definition) is 0. The van der Waals surface area contributed by atoms with Crippen LogP contribution >= 0.6 is 11.3 Å². The Morgan fingerprint density at radius 3 is 2.59 bits per heavy atom. The van der Waals surface area contributed by atoms with Gasteiger partial charge in [0.25, 0.3) is 0 Å². The Labute approximate surface area is 191 Å². The average Bonchev–Trinajstić information content (AvgIpc) is 3.36. The van der Waals surface area contributed by atoms with Gasteiger partial charge in [-0.05, 0) is 36.6 Å². The van der Waals surface area contributed by atoms with Gasteiger partial charge < -0.3 is 14.4 Å². The quantitative estimate of drug-likeness (QED) is 0.439. The third-order valence-electron chi connectivity index (χ3n) is 5.04. The van der Waals surface area contributed by atoms with Gasteiger partial charge in [-0.15, -0.1) is 11.3 Å². The number of hydrogen-bond acceptors (Lipinski definition) is 8. The lowest BCUT2D eigenvalue weighted by Crippen LogP contribution is -2.25. The van der Waals surface area contributed by atoms with Crippen LogP contribution in [0.4, 0.5) is 5.13 Å². The van der Waals surface area contributed by atoms with Crippen LogP contribution < -0.4 is 14.4 Å². The third-order valence-corrected chi connectivity index (χ3v) is 6.86. The van der Waals surface area contributed by atoms with Crippen molar-refractivity contribution in [2.45, 2.75) is 19.9 Å². The Balaban J connectivity index is 1.57. The van der Waals surface area contributed by atoms with Gasteiger partial charge in [0.15, 0.2) is 32.3 Å². The van der Waals surface area contributed by atoms with Crippen molar-refractivity contribution in [3.8, 4) is 11.5 Å². The van der Waals surface area contributed by atoms with Gasteiger partial charge in [0, 0.05) is 24.2 Å². The molecule has 2 aromatic carbocycles. The van der Waals surface area contributed by atoms with Crippen molar-refractivity contribution < 1.29 is 22.7 Å². The van der Waals surface area contributed by atoms with Gasteiger partial charge in [-0.2, -0.15) is 0 Å². The summed E-state index contributed by atoms with van der Waals surface area (Å²) in [4.78, 5) is 19.9. The molecule has 0 radical (unpaired) electrons. The van der Waals surface area contributed by atoms with Crippen molar-refractivity contribution in [2.75, 3.05) is 30.2 Å². The van der Waals surface area contributed by atoms with Gasteiger partial charge >= 0.3 is 0 Å². The first-order chi connectivity index (χ1) is 15.3. The van der Waals surface area contributed by atoms with E-state index in [9.17, 15) is 13.2 Å². The number of sulfone groups is 1. The van der Waals surface area contributed by atoms with Gasteiger partial charge in [0.1, 0.15) is 11.4 Å². The summed E-state index contributed by atoms with van der Waals surface area (Å²) in [6.45, 7) is 3.33. The van der Waals surface area contributed by atoms with E-state index < -0.39 is 21.4 Å². The summed E-state index contributed by atoms with van der Waals surface area (Å²) >= 11 is 1.41. The molecule has 1 aliphatic heterocycles. The number of nitrogens with zero attached hydrogens (tertiary/aromatic N) is 2. The molecule has 4 rings (SSSR count). The number of ether oxygens (including phenoxy) is 2. The molecule has 168 valence electrons. The summed E-state index contributed by atoms with van der Waals surface area (Å²) in [5.74, 6) is 0.491. The number of thiazole rings is 1. The lowest BCUT2D eigenvalue weighted by molar-refractivity contribution is 0.101. The first kappa shape index (κ1) is 22.3. The van der Waals surface area contributed by atoms with Gasteiger partial charge in [-0.1, -0.05) is 36.4 Å². The van der Waals surface area contributed by atoms with Gasteiger partial charge in [-0.25, -0.2) is 13.4 Å². The van der Waals surface area contributed by atoms with Crippen molar-refractivity contribution >= 4 is 32.1 Å². The molecule has 2 heterocycles. The van der Waals surface area contributed by atoms with Crippen molar-refractivity contribution in [3.63, 3.8) is 0 Å². The molecule has 3 aromatic rings. The van der Waals surface area contributed by atoms with Gasteiger partial charge in [0.2, 0.25) is 6.79 Å². The molecule has 0 N–H and O–H groups in total. The van der Waals surface area contributed by atoms with E-state index in [1.807, 2.05) is 48.5 Å². The molecule has 0 saturated heterocycles. The lowest BCUT2D eigenvalue weighted by atomic mass is 10.1. The number of benzene rings is 2. The highest BCUT2D eigenvalue weighted by atomic mass is 32.2. The minimum Gasteiger partial charge on any atom is -0.454 e. The summed E-state index contributed by atoms with van der Waals surface area (Å²) in [6, 6.07) is 15.9. The summed E-state index contributed by atoms with van der Waals surface area (Å²) in [7, 11) is -3.42. The molecule has 1 aliphatic rings. The van der Waals surface area contributed by atoms with Crippen LogP contribution in [0.2, 0.25) is 0 Å². The van der Waals surface area contributed by atoms with Crippen LogP contribution in [-0.2, 0) is 22.8 Å². The van der Waals surface area contributed by atoms with E-state index in [1.165, 1.54) is 11.3 Å². The first-order valence-electron chi connectivity index (χ1n) is 10.1. The Bertz CT molecular complexity index is 1220. The molecule has 0 spiro atoms. The van der Waals surface area contributed by atoms with E-state index in [4.69, 9.17) is 9.47 Å². The maximum atomic E-state index is 12.5. The topological polar surface area (TPSA) is 85.8 Å². The Morgan fingerprint density at radius 2 is 1.84 bits per heavy atom. The summed E-state index contributed by atoms with van der Waals surface area (Å²) in [6.07, 6.45) is 1.80. The molecule has 7 nitrogen and oxygen atoms in total. The highest BCUT2D eigenvalue weighted by Gasteiger charge is 2.22. The predicted octanol–water partition coefficient (Wildman–Crippen LogP) is 3.66. The zero-order chi connectivity index (χ0) is 22.7. The highest BCUT2D eigenvalue weighted by Crippen LogP contribution is 2.33. The fraction of sp³-hybridized carbons (Fsp3) is 0.304. The molecular formula is C23H24N2O5S2. The second-order valence-corrected chi connectivity index (χ2v) is 11.1. The standard InChI is InChI=1S/C23H24N2O5S2/c1-16-22(19(26)14-32(2,27)28)24-23(31-16)25(13-18-6-4-3-5-7-18)11-10-17-8-9-20-21(12-17)30-15-29-20/h3-9,12H,10-11,13-15H2,1-2H3. The second kappa shape index (κ2) is 9.30. The Hall–Kier alpha value is -2.91. The molecule has 0 fully saturated rings. The van der Waals surface area contributed by atoms with E-state index in [0.29, 0.717) is 18.2 Å². The number of carbonyl (C=O) groups is 1. The number of fused-ring (bicyclic) bond motifs is 1. The molecule has 0 unspecified atom stereocenters. The Kier molecular flexibility index (Phi) is 6.48. The smallest absolute Gasteiger partial charge is 0.231 e. The Morgan fingerprint density at radius 1 is 1.09 bits per heavy atom. The zero-order valence-corrected chi connectivity index (χ0v) is 19.5. The summed E-state index contributed by atoms with van der Waals surface area (Å²) < 4.78 is 34.0. The maximum Gasteiger partial charge on any atom is 0.231 e. The van der Waals surface area contributed by atoms with Crippen LogP contribution in [0.1, 0.15) is 26.5 Å². The van der Waals surface area contributed by atoms with Crippen LogP contribution in [0.25, 0.3) is 0 Å². The van der Waals surface area contributed by atoms with E-state index >= 15 is 0 Å². The normalized spacial score (nSPS) is 12.7. The largest absolute Gasteiger partial charge is 0.454 e. The number of ketones is 1. The van der Waals surface area contributed by atoms with Crippen molar-refractivity contribution in [3.05, 3.63) is 70.2 Å². The lowest BCUT2D eigenvalue weighted by Gasteiger charge is -2.22. The van der Waals surface area contributed by atoms with E-state index in [0.717, 1.165) is 40.2 Å². The molecule has 0 atom stereocenters. The predicted molar refractivity (Wildman–Crippen MR) is 125 cm³/mol. The summed E-state index contributed by atoms with van der Waals surface area (Å²) in [5.41, 5.74) is 2.46. The van der Waals surface area contributed by atoms with E-state index in [1.54, 1.807) is 6.92 Å². The molecule has 32 heavy (non-hydrogen) atoms. The average molecular weight is 473 g/mol. The fourth-order valence-electron chi connectivity index (χ4n) is 3.49.